The van der Waals surface area contributed by atoms with Crippen LogP contribution in [0.5, 0.6) is 5.75 Å². The van der Waals surface area contributed by atoms with E-state index in [0.29, 0.717) is 17.1 Å². The zero-order valence-corrected chi connectivity index (χ0v) is 11.2. The molecule has 96 valence electrons. The molecule has 0 spiro atoms. The Bertz CT molecular complexity index is 620. The number of halogens is 1. The van der Waals surface area contributed by atoms with Crippen molar-refractivity contribution in [2.24, 2.45) is 0 Å². The minimum Gasteiger partial charge on any atom is -0.497 e. The summed E-state index contributed by atoms with van der Waals surface area (Å²) in [4.78, 5) is 0. The van der Waals surface area contributed by atoms with E-state index in [1.54, 1.807) is 13.2 Å². The molecule has 0 aromatic heterocycles. The number of nitriles is 1. The van der Waals surface area contributed by atoms with Gasteiger partial charge in [0.15, 0.2) is 0 Å². The predicted octanol–water partition coefficient (Wildman–Crippen LogP) is 3.83. The maximum absolute atomic E-state index is 9.08. The summed E-state index contributed by atoms with van der Waals surface area (Å²) >= 11 is 5.98. The maximum Gasteiger partial charge on any atom is 0.119 e. The van der Waals surface area contributed by atoms with Crippen LogP contribution >= 0.6 is 11.6 Å². The van der Waals surface area contributed by atoms with Crippen LogP contribution in [0.15, 0.2) is 42.5 Å². The van der Waals surface area contributed by atoms with E-state index in [-0.39, 0.29) is 0 Å². The van der Waals surface area contributed by atoms with Crippen molar-refractivity contribution in [2.75, 3.05) is 12.4 Å². The molecule has 2 aromatic carbocycles. The molecule has 0 amide bonds. The quantitative estimate of drug-likeness (QED) is 0.920. The van der Waals surface area contributed by atoms with Gasteiger partial charge in [-0.1, -0.05) is 29.8 Å². The first kappa shape index (κ1) is 13.3. The first-order chi connectivity index (χ1) is 9.24. The lowest BCUT2D eigenvalue weighted by Crippen LogP contribution is -2.01. The molecule has 0 aliphatic carbocycles. The van der Waals surface area contributed by atoms with Gasteiger partial charge in [-0.2, -0.15) is 5.26 Å². The number of nitrogens with one attached hydrogen (secondary N) is 1. The van der Waals surface area contributed by atoms with Gasteiger partial charge in [0.2, 0.25) is 0 Å². The van der Waals surface area contributed by atoms with Gasteiger partial charge < -0.3 is 10.1 Å². The number of hydrogen-bond acceptors (Lipinski definition) is 3. The highest BCUT2D eigenvalue weighted by Crippen LogP contribution is 2.24. The molecule has 0 aliphatic heterocycles. The van der Waals surface area contributed by atoms with Gasteiger partial charge in [0.1, 0.15) is 11.8 Å². The van der Waals surface area contributed by atoms with E-state index in [9.17, 15) is 0 Å². The van der Waals surface area contributed by atoms with Crippen molar-refractivity contribution in [1.29, 1.82) is 5.26 Å². The Labute approximate surface area is 117 Å². The van der Waals surface area contributed by atoms with Crippen molar-refractivity contribution >= 4 is 17.3 Å². The molecule has 19 heavy (non-hydrogen) atoms. The molecule has 0 fully saturated rings. The highest BCUT2D eigenvalue weighted by atomic mass is 35.5. The Balaban J connectivity index is 2.15. The molecule has 2 rings (SSSR count). The predicted molar refractivity (Wildman–Crippen MR) is 76.5 cm³/mol. The minimum atomic E-state index is 0.457. The molecular weight excluding hydrogens is 260 g/mol. The van der Waals surface area contributed by atoms with Crippen LogP contribution in [0, 0.1) is 11.3 Å². The van der Waals surface area contributed by atoms with E-state index < -0.39 is 0 Å². The van der Waals surface area contributed by atoms with Crippen LogP contribution in [0.4, 0.5) is 5.69 Å². The van der Waals surface area contributed by atoms with E-state index in [2.05, 4.69) is 11.4 Å². The van der Waals surface area contributed by atoms with Gasteiger partial charge in [-0.3, -0.25) is 0 Å². The van der Waals surface area contributed by atoms with Gasteiger partial charge in [-0.05, 0) is 29.8 Å². The zero-order valence-electron chi connectivity index (χ0n) is 10.5. The molecule has 3 nitrogen and oxygen atoms in total. The lowest BCUT2D eigenvalue weighted by Gasteiger charge is -2.10. The Hall–Kier alpha value is -2.18. The maximum atomic E-state index is 9.08. The topological polar surface area (TPSA) is 45.0 Å². The summed E-state index contributed by atoms with van der Waals surface area (Å²) in [6, 6.07) is 15.2. The van der Waals surface area contributed by atoms with E-state index in [1.807, 2.05) is 36.4 Å². The summed E-state index contributed by atoms with van der Waals surface area (Å²) in [5.41, 5.74) is 2.27. The van der Waals surface area contributed by atoms with Crippen LogP contribution in [0.3, 0.4) is 0 Å². The van der Waals surface area contributed by atoms with E-state index in [0.717, 1.165) is 17.0 Å². The number of benzene rings is 2. The molecular formula is C15H13ClN2O. The smallest absolute Gasteiger partial charge is 0.119 e. The molecule has 4 heteroatoms. The Morgan fingerprint density at radius 3 is 2.79 bits per heavy atom. The molecule has 0 saturated carbocycles. The van der Waals surface area contributed by atoms with E-state index in [1.165, 1.54) is 0 Å². The average molecular weight is 273 g/mol. The first-order valence-electron chi connectivity index (χ1n) is 5.80. The van der Waals surface area contributed by atoms with Crippen LogP contribution in [0.1, 0.15) is 11.1 Å². The van der Waals surface area contributed by atoms with Crippen molar-refractivity contribution in [3.8, 4) is 11.8 Å². The van der Waals surface area contributed by atoms with Crippen LogP contribution < -0.4 is 10.1 Å². The largest absolute Gasteiger partial charge is 0.497 e. The van der Waals surface area contributed by atoms with Crippen molar-refractivity contribution < 1.29 is 4.74 Å². The number of ether oxygens (including phenoxy) is 1. The second-order valence-corrected chi connectivity index (χ2v) is 4.39. The van der Waals surface area contributed by atoms with E-state index in [4.69, 9.17) is 21.6 Å². The number of hydrogen-bond donors (Lipinski definition) is 1. The highest BCUT2D eigenvalue weighted by Gasteiger charge is 2.05. The third-order valence-corrected chi connectivity index (χ3v) is 3.06. The molecule has 0 bridgehead atoms. The summed E-state index contributed by atoms with van der Waals surface area (Å²) in [7, 11) is 1.64. The normalized spacial score (nSPS) is 9.74. The lowest BCUT2D eigenvalue weighted by atomic mass is 10.1. The van der Waals surface area contributed by atoms with Crippen molar-refractivity contribution in [2.45, 2.75) is 6.54 Å². The van der Waals surface area contributed by atoms with Gasteiger partial charge in [-0.25, -0.2) is 0 Å². The third-order valence-electron chi connectivity index (χ3n) is 2.74. The fourth-order valence-electron chi connectivity index (χ4n) is 1.76. The van der Waals surface area contributed by atoms with Crippen molar-refractivity contribution in [1.82, 2.24) is 0 Å². The fraction of sp³-hybridized carbons (Fsp3) is 0.133. The molecule has 0 aliphatic rings. The molecule has 0 radical (unpaired) electrons. The minimum absolute atomic E-state index is 0.457. The Morgan fingerprint density at radius 1 is 1.26 bits per heavy atom. The second-order valence-electron chi connectivity index (χ2n) is 3.98. The summed E-state index contributed by atoms with van der Waals surface area (Å²) in [5, 5.41) is 12.8. The van der Waals surface area contributed by atoms with Crippen LogP contribution in [0.25, 0.3) is 0 Å². The van der Waals surface area contributed by atoms with Crippen molar-refractivity contribution in [3.63, 3.8) is 0 Å². The van der Waals surface area contributed by atoms with Crippen LogP contribution in [-0.4, -0.2) is 7.11 Å². The molecule has 0 saturated heterocycles. The summed E-state index contributed by atoms with van der Waals surface area (Å²) in [6.45, 7) is 0.603. The zero-order chi connectivity index (χ0) is 13.7. The van der Waals surface area contributed by atoms with Crippen LogP contribution in [0.2, 0.25) is 5.02 Å². The molecule has 0 unspecified atom stereocenters. The standard InChI is InChI=1S/C15H13ClN2O/c1-19-12-5-2-4-11(8-12)10-18-15-7-3-6-14(16)13(15)9-17/h2-8,18H,10H2,1H3. The third kappa shape index (κ3) is 3.18. The van der Waals surface area contributed by atoms with Gasteiger partial charge in [-0.15, -0.1) is 0 Å². The number of rotatable bonds is 4. The SMILES string of the molecule is COc1cccc(CNc2cccc(Cl)c2C#N)c1. The highest BCUT2D eigenvalue weighted by molar-refractivity contribution is 6.32. The second kappa shape index (κ2) is 6.12. The van der Waals surface area contributed by atoms with Gasteiger partial charge in [0.05, 0.1) is 23.4 Å². The number of anilines is 1. The Morgan fingerprint density at radius 2 is 2.05 bits per heavy atom. The number of methoxy groups -OCH3 is 1. The van der Waals surface area contributed by atoms with E-state index >= 15 is 0 Å². The Kier molecular flexibility index (Phi) is 4.27. The number of nitrogens with zero attached hydrogens (tertiary/aromatic N) is 1. The first-order valence-corrected chi connectivity index (χ1v) is 6.18. The van der Waals surface area contributed by atoms with Crippen molar-refractivity contribution in [3.05, 3.63) is 58.6 Å². The molecule has 2 aromatic rings. The van der Waals surface area contributed by atoms with Gasteiger partial charge in [0, 0.05) is 6.54 Å². The van der Waals surface area contributed by atoms with Gasteiger partial charge >= 0.3 is 0 Å². The monoisotopic (exact) mass is 272 g/mol. The van der Waals surface area contributed by atoms with Crippen LogP contribution in [-0.2, 0) is 6.54 Å². The summed E-state index contributed by atoms with van der Waals surface area (Å²) in [6.07, 6.45) is 0. The molecule has 0 atom stereocenters. The fourth-order valence-corrected chi connectivity index (χ4v) is 1.98. The van der Waals surface area contributed by atoms with Gasteiger partial charge in [0.25, 0.3) is 0 Å². The molecule has 0 heterocycles. The average Bonchev–Trinajstić information content (AvgIpc) is 2.45. The molecule has 1 N–H and O–H groups in total. The summed E-state index contributed by atoms with van der Waals surface area (Å²) < 4.78 is 5.17. The summed E-state index contributed by atoms with van der Waals surface area (Å²) in [5.74, 6) is 0.811. The lowest BCUT2D eigenvalue weighted by molar-refractivity contribution is 0.414.